The molecule has 2 fully saturated rings. The second kappa shape index (κ2) is 15.6. The van der Waals surface area contributed by atoms with E-state index in [2.05, 4.69) is 16.0 Å². The van der Waals surface area contributed by atoms with Crippen molar-refractivity contribution in [2.75, 3.05) is 13.2 Å². The summed E-state index contributed by atoms with van der Waals surface area (Å²) in [6.07, 6.45) is -2.89. The SMILES string of the molecule is CCOC(=O)[C@H]1C2[C@@H](O)C[C@@](NC(=O)C(CC(=O)NC(c3ccccc3)(c3ccccc3)c3ccccc3)NC(=O)OC(C)(C)C)(C(=O)OCC)[C@@H]21. The highest BCUT2D eigenvalue weighted by Crippen LogP contribution is 2.63. The van der Waals surface area contributed by atoms with Gasteiger partial charge in [-0.1, -0.05) is 91.0 Å². The Morgan fingerprint density at radius 3 is 1.77 bits per heavy atom. The van der Waals surface area contributed by atoms with Gasteiger partial charge in [-0.2, -0.15) is 0 Å². The van der Waals surface area contributed by atoms with Crippen LogP contribution in [-0.2, 0) is 38.9 Å². The molecule has 0 radical (unpaired) electrons. The summed E-state index contributed by atoms with van der Waals surface area (Å²) in [6, 6.07) is 26.6. The quantitative estimate of drug-likeness (QED) is 0.116. The Morgan fingerprint density at radius 2 is 1.31 bits per heavy atom. The lowest BCUT2D eigenvalue weighted by molar-refractivity contribution is -0.156. The fraction of sp³-hybridized carbons (Fsp3) is 0.425. The lowest BCUT2D eigenvalue weighted by Gasteiger charge is -2.37. The number of carbonyl (C=O) groups is 5. The molecular weight excluding hydrogens is 666 g/mol. The molecule has 5 rings (SSSR count). The van der Waals surface area contributed by atoms with Crippen LogP contribution in [0.5, 0.6) is 0 Å². The van der Waals surface area contributed by atoms with Crippen LogP contribution in [0.4, 0.5) is 4.79 Å². The Morgan fingerprint density at radius 1 is 0.808 bits per heavy atom. The Bertz CT molecular complexity index is 1650. The van der Waals surface area contributed by atoms with E-state index in [1.54, 1.807) is 34.6 Å². The van der Waals surface area contributed by atoms with Crippen LogP contribution in [0.2, 0.25) is 0 Å². The maximum atomic E-state index is 14.4. The molecule has 12 nitrogen and oxygen atoms in total. The van der Waals surface area contributed by atoms with Gasteiger partial charge in [0, 0.05) is 18.3 Å². The Balaban J connectivity index is 1.52. The summed E-state index contributed by atoms with van der Waals surface area (Å²) in [5.74, 6) is -5.26. The van der Waals surface area contributed by atoms with Crippen molar-refractivity contribution in [1.82, 2.24) is 16.0 Å². The fourth-order valence-corrected chi connectivity index (χ4v) is 7.45. The topological polar surface area (TPSA) is 169 Å². The van der Waals surface area contributed by atoms with Crippen LogP contribution in [0.25, 0.3) is 0 Å². The van der Waals surface area contributed by atoms with Crippen LogP contribution in [0.15, 0.2) is 91.0 Å². The highest BCUT2D eigenvalue weighted by atomic mass is 16.6. The number of ether oxygens (including phenoxy) is 3. The van der Waals surface area contributed by atoms with Crippen molar-refractivity contribution < 1.29 is 43.3 Å². The summed E-state index contributed by atoms with van der Waals surface area (Å²) >= 11 is 0. The van der Waals surface area contributed by atoms with Crippen molar-refractivity contribution in [3.8, 4) is 0 Å². The largest absolute Gasteiger partial charge is 0.466 e. The monoisotopic (exact) mass is 713 g/mol. The minimum atomic E-state index is -1.82. The molecule has 52 heavy (non-hydrogen) atoms. The predicted molar refractivity (Wildman–Crippen MR) is 190 cm³/mol. The molecule has 2 aliphatic rings. The number of aliphatic hydroxyl groups excluding tert-OH is 1. The zero-order valence-electron chi connectivity index (χ0n) is 30.1. The number of benzene rings is 3. The van der Waals surface area contributed by atoms with Gasteiger partial charge in [-0.25, -0.2) is 9.59 Å². The van der Waals surface area contributed by atoms with Gasteiger partial charge in [-0.3, -0.25) is 14.4 Å². The first-order chi connectivity index (χ1) is 24.8. The average molecular weight is 714 g/mol. The lowest BCUT2D eigenvalue weighted by Crippen LogP contribution is -2.62. The van der Waals surface area contributed by atoms with E-state index in [0.29, 0.717) is 0 Å². The van der Waals surface area contributed by atoms with Gasteiger partial charge < -0.3 is 35.3 Å². The van der Waals surface area contributed by atoms with Crippen LogP contribution in [0, 0.1) is 17.8 Å². The summed E-state index contributed by atoms with van der Waals surface area (Å²) in [7, 11) is 0. The molecule has 4 N–H and O–H groups in total. The van der Waals surface area contributed by atoms with Crippen LogP contribution < -0.4 is 16.0 Å². The molecule has 0 saturated heterocycles. The van der Waals surface area contributed by atoms with Gasteiger partial charge in [-0.15, -0.1) is 0 Å². The summed E-state index contributed by atoms with van der Waals surface area (Å²) in [4.78, 5) is 68.3. The number of carbonyl (C=O) groups excluding carboxylic acids is 5. The molecule has 12 heteroatoms. The molecule has 6 atom stereocenters. The van der Waals surface area contributed by atoms with Gasteiger partial charge in [0.15, 0.2) is 0 Å². The van der Waals surface area contributed by atoms with E-state index in [1.807, 2.05) is 91.0 Å². The van der Waals surface area contributed by atoms with Gasteiger partial charge in [0.1, 0.15) is 22.7 Å². The third kappa shape index (κ3) is 7.81. The minimum absolute atomic E-state index is 0.0312. The van der Waals surface area contributed by atoms with E-state index in [0.717, 1.165) is 16.7 Å². The zero-order chi connectivity index (χ0) is 37.7. The second-order valence-electron chi connectivity index (χ2n) is 14.1. The molecule has 0 aromatic heterocycles. The number of amides is 3. The molecule has 3 aromatic carbocycles. The van der Waals surface area contributed by atoms with Gasteiger partial charge in [0.2, 0.25) is 11.8 Å². The first-order valence-electron chi connectivity index (χ1n) is 17.6. The third-order valence-corrected chi connectivity index (χ3v) is 9.51. The van der Waals surface area contributed by atoms with Crippen molar-refractivity contribution in [3.05, 3.63) is 108 Å². The molecule has 0 aliphatic heterocycles. The summed E-state index contributed by atoms with van der Waals surface area (Å²) in [5, 5.41) is 19.4. The van der Waals surface area contributed by atoms with Crippen molar-refractivity contribution in [1.29, 1.82) is 0 Å². The van der Waals surface area contributed by atoms with E-state index in [-0.39, 0.29) is 19.6 Å². The molecule has 2 unspecified atom stereocenters. The number of esters is 2. The molecule has 0 spiro atoms. The maximum Gasteiger partial charge on any atom is 0.408 e. The molecule has 3 aromatic rings. The number of hydrogen-bond donors (Lipinski definition) is 4. The van der Waals surface area contributed by atoms with E-state index in [1.165, 1.54) is 0 Å². The van der Waals surface area contributed by atoms with Crippen LogP contribution >= 0.6 is 0 Å². The van der Waals surface area contributed by atoms with E-state index in [9.17, 15) is 29.1 Å². The highest BCUT2D eigenvalue weighted by molar-refractivity contribution is 5.97. The van der Waals surface area contributed by atoms with E-state index in [4.69, 9.17) is 14.2 Å². The van der Waals surface area contributed by atoms with Crippen molar-refractivity contribution in [2.24, 2.45) is 17.8 Å². The average Bonchev–Trinajstić information content (AvgIpc) is 3.81. The Kier molecular flexibility index (Phi) is 11.4. The van der Waals surface area contributed by atoms with Crippen LogP contribution in [0.3, 0.4) is 0 Å². The van der Waals surface area contributed by atoms with Gasteiger partial charge in [0.05, 0.1) is 31.7 Å². The molecular formula is C40H47N3O9. The molecule has 2 saturated carbocycles. The van der Waals surface area contributed by atoms with Gasteiger partial charge in [0.25, 0.3) is 0 Å². The third-order valence-electron chi connectivity index (χ3n) is 9.51. The molecule has 3 amide bonds. The first-order valence-corrected chi connectivity index (χ1v) is 17.6. The molecule has 276 valence electrons. The normalized spacial score (nSPS) is 22.6. The molecule has 0 bridgehead atoms. The number of fused-ring (bicyclic) bond motifs is 1. The predicted octanol–water partition coefficient (Wildman–Crippen LogP) is 3.99. The summed E-state index contributed by atoms with van der Waals surface area (Å²) in [5.41, 5.74) is -1.75. The van der Waals surface area contributed by atoms with Crippen molar-refractivity contribution in [3.63, 3.8) is 0 Å². The Hall–Kier alpha value is -5.23. The zero-order valence-corrected chi connectivity index (χ0v) is 30.1. The van der Waals surface area contributed by atoms with Gasteiger partial charge >= 0.3 is 18.0 Å². The van der Waals surface area contributed by atoms with Crippen molar-refractivity contribution in [2.45, 2.75) is 76.3 Å². The van der Waals surface area contributed by atoms with Crippen molar-refractivity contribution >= 4 is 29.8 Å². The number of aliphatic hydroxyl groups is 1. The van der Waals surface area contributed by atoms with Gasteiger partial charge in [-0.05, 0) is 51.3 Å². The van der Waals surface area contributed by atoms with Crippen LogP contribution in [-0.4, -0.2) is 71.5 Å². The number of rotatable bonds is 13. The lowest BCUT2D eigenvalue weighted by atomic mass is 9.77. The molecule has 0 heterocycles. The number of hydrogen-bond acceptors (Lipinski definition) is 9. The fourth-order valence-electron chi connectivity index (χ4n) is 7.45. The maximum absolute atomic E-state index is 14.4. The number of alkyl carbamates (subject to hydrolysis) is 1. The second-order valence-corrected chi connectivity index (χ2v) is 14.1. The number of nitrogens with one attached hydrogen (secondary N) is 3. The van der Waals surface area contributed by atoms with E-state index < -0.39 is 82.8 Å². The molecule has 2 aliphatic carbocycles. The van der Waals surface area contributed by atoms with Crippen LogP contribution in [0.1, 0.15) is 64.2 Å². The smallest absolute Gasteiger partial charge is 0.408 e. The van der Waals surface area contributed by atoms with E-state index >= 15 is 0 Å². The standard InChI is InChI=1S/C40H47N3O9/c1-6-50-35(47)32-31-29(44)24-39(33(31)32,36(48)51-7-2)43-34(46)28(41-37(49)52-38(3,4)5)23-30(45)42-40(25-17-11-8-12-18-25,26-19-13-9-14-20-26)27-21-15-10-16-22-27/h8-22,28-29,31-33,44H,6-7,23-24H2,1-5H3,(H,41,49)(H,42,45)(H,43,46)/t28?,29-,31?,32-,33-,39-/m0/s1. The Labute approximate surface area is 303 Å². The summed E-state index contributed by atoms with van der Waals surface area (Å²) in [6.45, 7) is 8.27. The highest BCUT2D eigenvalue weighted by Gasteiger charge is 2.76. The minimum Gasteiger partial charge on any atom is -0.466 e. The first kappa shape index (κ1) is 38.0. The summed E-state index contributed by atoms with van der Waals surface area (Å²) < 4.78 is 16.0.